The molecule has 0 bridgehead atoms. The lowest BCUT2D eigenvalue weighted by atomic mass is 10.0. The predicted octanol–water partition coefficient (Wildman–Crippen LogP) is 2.99. The van der Waals surface area contributed by atoms with E-state index in [0.29, 0.717) is 16.6 Å². The molecule has 2 aliphatic heterocycles. The van der Waals surface area contributed by atoms with Crippen LogP contribution in [0.2, 0.25) is 0 Å². The van der Waals surface area contributed by atoms with Crippen molar-refractivity contribution in [2.45, 2.75) is 24.4 Å². The minimum absolute atomic E-state index is 0.0557. The number of halogens is 1. The van der Waals surface area contributed by atoms with Gasteiger partial charge < -0.3 is 10.1 Å². The number of thiophene rings is 1. The van der Waals surface area contributed by atoms with Gasteiger partial charge in [-0.2, -0.15) is 0 Å². The number of benzene rings is 1. The maximum Gasteiger partial charge on any atom is 0.355 e. The molecule has 12 heteroatoms. The first-order valence-electron chi connectivity index (χ1n) is 9.84. The molecule has 33 heavy (non-hydrogen) atoms. The Labute approximate surface area is 205 Å². The second-order valence-corrected chi connectivity index (χ2v) is 9.99. The summed E-state index contributed by atoms with van der Waals surface area (Å²) in [6.45, 7) is -0.0866. The fraction of sp³-hybridized carbons (Fsp3) is 0.286. The number of nitro groups is 1. The van der Waals surface area contributed by atoms with Crippen LogP contribution in [0.25, 0.3) is 0 Å². The monoisotopic (exact) mass is 551 g/mol. The van der Waals surface area contributed by atoms with Crippen LogP contribution in [0, 0.1) is 10.1 Å². The number of hydrogen-bond donors (Lipinski definition) is 1. The van der Waals surface area contributed by atoms with Crippen LogP contribution in [-0.4, -0.2) is 50.1 Å². The number of esters is 1. The van der Waals surface area contributed by atoms with Crippen molar-refractivity contribution in [3.05, 3.63) is 73.6 Å². The molecule has 0 spiro atoms. The number of carbonyl (C=O) groups excluding carboxylic acids is 3. The van der Waals surface area contributed by atoms with Gasteiger partial charge >= 0.3 is 5.97 Å². The SMILES string of the molecule is O=C(Cc1cccs1)NC1C(=O)N2C(C(=O)OCc3ccc([N+](=O)[O-])cc3)=C(CBr)CS[C@H]12. The number of carbonyl (C=O) groups is 3. The first-order valence-corrected chi connectivity index (χ1v) is 12.9. The average Bonchev–Trinajstić information content (AvgIpc) is 3.33. The summed E-state index contributed by atoms with van der Waals surface area (Å²) in [5.74, 6) is -0.732. The van der Waals surface area contributed by atoms with E-state index in [1.807, 2.05) is 17.5 Å². The standard InChI is InChI=1S/C21H18BrN3O6S2/c22-9-13-11-33-20-17(23-16(26)8-15-2-1-7-32-15)19(27)24(20)18(13)21(28)31-10-12-3-5-14(6-4-12)25(29)30/h1-7,17,20H,8-11H2,(H,23,26)/t17?,20-/m1/s1. The molecule has 2 atom stereocenters. The summed E-state index contributed by atoms with van der Waals surface area (Å²) >= 11 is 6.32. The number of nitrogens with zero attached hydrogens (tertiary/aromatic N) is 2. The number of fused-ring (bicyclic) bond motifs is 1. The molecule has 2 aromatic rings. The number of nitrogens with one attached hydrogen (secondary N) is 1. The van der Waals surface area contributed by atoms with Crippen LogP contribution in [-0.2, 0) is 32.1 Å². The third-order valence-electron chi connectivity index (χ3n) is 5.15. The zero-order chi connectivity index (χ0) is 23.5. The van der Waals surface area contributed by atoms with Crippen LogP contribution in [0.15, 0.2) is 53.0 Å². The molecule has 1 N–H and O–H groups in total. The lowest BCUT2D eigenvalue weighted by Gasteiger charge is -2.49. The Morgan fingerprint density at radius 3 is 2.67 bits per heavy atom. The summed E-state index contributed by atoms with van der Waals surface area (Å²) in [4.78, 5) is 50.7. The number of thioether (sulfide) groups is 1. The van der Waals surface area contributed by atoms with E-state index in [1.54, 1.807) is 0 Å². The van der Waals surface area contributed by atoms with E-state index < -0.39 is 16.9 Å². The number of nitro benzene ring substituents is 1. The highest BCUT2D eigenvalue weighted by molar-refractivity contribution is 9.09. The van der Waals surface area contributed by atoms with Crippen LogP contribution in [0.1, 0.15) is 10.4 Å². The Hall–Kier alpha value is -2.70. The van der Waals surface area contributed by atoms with Gasteiger partial charge in [-0.1, -0.05) is 22.0 Å². The first-order chi connectivity index (χ1) is 15.9. The first kappa shape index (κ1) is 23.5. The van der Waals surface area contributed by atoms with E-state index in [-0.39, 0.29) is 41.6 Å². The predicted molar refractivity (Wildman–Crippen MR) is 127 cm³/mol. The number of non-ortho nitro benzene ring substituents is 1. The van der Waals surface area contributed by atoms with Gasteiger partial charge in [0.2, 0.25) is 5.91 Å². The zero-order valence-electron chi connectivity index (χ0n) is 17.1. The molecule has 9 nitrogen and oxygen atoms in total. The summed E-state index contributed by atoms with van der Waals surface area (Å²) in [7, 11) is 0. The molecule has 1 fully saturated rings. The van der Waals surface area contributed by atoms with Crippen LogP contribution in [0.4, 0.5) is 5.69 Å². The topological polar surface area (TPSA) is 119 Å². The van der Waals surface area contributed by atoms with E-state index >= 15 is 0 Å². The van der Waals surface area contributed by atoms with Crippen molar-refractivity contribution < 1.29 is 24.0 Å². The molecule has 0 radical (unpaired) electrons. The van der Waals surface area contributed by atoms with Gasteiger partial charge in [0.15, 0.2) is 0 Å². The van der Waals surface area contributed by atoms with Crippen LogP contribution < -0.4 is 5.32 Å². The van der Waals surface area contributed by atoms with Gasteiger partial charge in [0.1, 0.15) is 23.7 Å². The number of hydrogen-bond acceptors (Lipinski definition) is 8. The highest BCUT2D eigenvalue weighted by atomic mass is 79.9. The fourth-order valence-corrected chi connectivity index (χ4v) is 6.28. The molecule has 4 rings (SSSR count). The van der Waals surface area contributed by atoms with E-state index in [1.165, 1.54) is 52.3 Å². The number of alkyl halides is 1. The number of ether oxygens (including phenoxy) is 1. The van der Waals surface area contributed by atoms with Gasteiger partial charge in [-0.25, -0.2) is 4.79 Å². The van der Waals surface area contributed by atoms with Crippen molar-refractivity contribution >= 4 is 62.5 Å². The van der Waals surface area contributed by atoms with Gasteiger partial charge in [-0.3, -0.25) is 24.6 Å². The summed E-state index contributed by atoms with van der Waals surface area (Å²) in [6.07, 6.45) is 0.200. The Balaban J connectivity index is 1.41. The lowest BCUT2D eigenvalue weighted by Crippen LogP contribution is -2.70. The van der Waals surface area contributed by atoms with Crippen LogP contribution in [0.3, 0.4) is 0 Å². The Bertz CT molecular complexity index is 1120. The summed E-state index contributed by atoms with van der Waals surface area (Å²) in [5.41, 5.74) is 1.44. The lowest BCUT2D eigenvalue weighted by molar-refractivity contribution is -0.384. The van der Waals surface area contributed by atoms with Crippen molar-refractivity contribution in [1.29, 1.82) is 0 Å². The summed E-state index contributed by atoms with van der Waals surface area (Å²) in [6, 6.07) is 8.72. The number of β-lactam (4-membered cyclic amide) rings is 1. The molecule has 0 saturated carbocycles. The number of rotatable bonds is 8. The zero-order valence-corrected chi connectivity index (χ0v) is 20.3. The van der Waals surface area contributed by atoms with Crippen molar-refractivity contribution in [2.24, 2.45) is 0 Å². The normalized spacial score (nSPS) is 19.5. The van der Waals surface area contributed by atoms with Crippen LogP contribution in [0.5, 0.6) is 0 Å². The average molecular weight is 552 g/mol. The highest BCUT2D eigenvalue weighted by Gasteiger charge is 2.54. The molecule has 2 aliphatic rings. The maximum atomic E-state index is 12.9. The summed E-state index contributed by atoms with van der Waals surface area (Å²) in [5, 5.41) is 15.5. The molecular formula is C21H18BrN3O6S2. The minimum Gasteiger partial charge on any atom is -0.456 e. The molecule has 1 aromatic heterocycles. The van der Waals surface area contributed by atoms with Gasteiger partial charge in [0.05, 0.1) is 11.3 Å². The molecule has 1 aromatic carbocycles. The van der Waals surface area contributed by atoms with E-state index in [0.717, 1.165) is 10.5 Å². The molecule has 172 valence electrons. The molecular weight excluding hydrogens is 534 g/mol. The van der Waals surface area contributed by atoms with Crippen molar-refractivity contribution in [3.8, 4) is 0 Å². The van der Waals surface area contributed by atoms with Crippen LogP contribution >= 0.6 is 39.0 Å². The smallest absolute Gasteiger partial charge is 0.355 e. The van der Waals surface area contributed by atoms with Crippen molar-refractivity contribution in [3.63, 3.8) is 0 Å². The van der Waals surface area contributed by atoms with Gasteiger partial charge in [-0.05, 0) is 34.7 Å². The van der Waals surface area contributed by atoms with Gasteiger partial charge in [-0.15, -0.1) is 23.1 Å². The maximum absolute atomic E-state index is 12.9. The number of amides is 2. The molecule has 1 unspecified atom stereocenters. The Kier molecular flexibility index (Phi) is 7.15. The molecule has 3 heterocycles. The fourth-order valence-electron chi connectivity index (χ4n) is 3.50. The second kappa shape index (κ2) is 10.1. The molecule has 1 saturated heterocycles. The largest absolute Gasteiger partial charge is 0.456 e. The van der Waals surface area contributed by atoms with E-state index in [4.69, 9.17) is 4.74 Å². The summed E-state index contributed by atoms with van der Waals surface area (Å²) < 4.78 is 5.41. The third kappa shape index (κ3) is 4.97. The van der Waals surface area contributed by atoms with E-state index in [9.17, 15) is 24.5 Å². The third-order valence-corrected chi connectivity index (χ3v) is 8.04. The quantitative estimate of drug-likeness (QED) is 0.176. The van der Waals surface area contributed by atoms with Crippen molar-refractivity contribution in [2.75, 3.05) is 11.1 Å². The molecule has 0 aliphatic carbocycles. The second-order valence-electron chi connectivity index (χ2n) is 7.30. The van der Waals surface area contributed by atoms with Gasteiger partial charge in [0.25, 0.3) is 11.6 Å². The minimum atomic E-state index is -0.697. The van der Waals surface area contributed by atoms with Gasteiger partial charge in [0, 0.05) is 28.1 Å². The Morgan fingerprint density at radius 1 is 1.27 bits per heavy atom. The molecule has 2 amide bonds. The highest BCUT2D eigenvalue weighted by Crippen LogP contribution is 2.41. The Morgan fingerprint density at radius 2 is 2.03 bits per heavy atom. The van der Waals surface area contributed by atoms with E-state index in [2.05, 4.69) is 21.2 Å². The van der Waals surface area contributed by atoms with Crippen molar-refractivity contribution in [1.82, 2.24) is 10.2 Å².